The van der Waals surface area contributed by atoms with E-state index in [-0.39, 0.29) is 0 Å². The van der Waals surface area contributed by atoms with Crippen LogP contribution in [0.2, 0.25) is 0 Å². The van der Waals surface area contributed by atoms with Crippen LogP contribution >= 0.6 is 0 Å². The molecular formula is C14H14N6. The SMILES string of the molecule is Cc1cnc(NN)nc1Nc1cccc2cnccc12. The number of hydrogen-bond donors (Lipinski definition) is 3. The second kappa shape index (κ2) is 5.10. The van der Waals surface area contributed by atoms with Crippen molar-refractivity contribution in [3.05, 3.63) is 48.4 Å². The number of hydrogen-bond acceptors (Lipinski definition) is 6. The average Bonchev–Trinajstić information content (AvgIpc) is 2.50. The van der Waals surface area contributed by atoms with Crippen LogP contribution in [0.5, 0.6) is 0 Å². The first kappa shape index (κ1) is 12.3. The highest BCUT2D eigenvalue weighted by Crippen LogP contribution is 2.26. The summed E-state index contributed by atoms with van der Waals surface area (Å²) in [7, 11) is 0. The van der Waals surface area contributed by atoms with Crippen molar-refractivity contribution in [2.75, 3.05) is 10.7 Å². The molecule has 0 spiro atoms. The molecule has 0 amide bonds. The molecule has 0 aliphatic heterocycles. The third kappa shape index (κ3) is 2.24. The molecule has 2 aromatic heterocycles. The van der Waals surface area contributed by atoms with Crippen LogP contribution in [0.1, 0.15) is 5.56 Å². The summed E-state index contributed by atoms with van der Waals surface area (Å²) in [6, 6.07) is 7.97. The number of nitrogens with two attached hydrogens (primary N) is 1. The highest BCUT2D eigenvalue weighted by molar-refractivity contribution is 5.94. The van der Waals surface area contributed by atoms with Crippen molar-refractivity contribution in [3.63, 3.8) is 0 Å². The van der Waals surface area contributed by atoms with Gasteiger partial charge in [-0.15, -0.1) is 0 Å². The molecule has 1 aromatic carbocycles. The van der Waals surface area contributed by atoms with Gasteiger partial charge in [0.15, 0.2) is 0 Å². The van der Waals surface area contributed by atoms with Gasteiger partial charge in [-0.05, 0) is 19.1 Å². The van der Waals surface area contributed by atoms with E-state index >= 15 is 0 Å². The zero-order valence-electron chi connectivity index (χ0n) is 11.0. The van der Waals surface area contributed by atoms with E-state index in [2.05, 4.69) is 25.7 Å². The van der Waals surface area contributed by atoms with E-state index < -0.39 is 0 Å². The lowest BCUT2D eigenvalue weighted by atomic mass is 10.1. The van der Waals surface area contributed by atoms with Gasteiger partial charge in [0.05, 0.1) is 0 Å². The maximum atomic E-state index is 5.34. The number of benzene rings is 1. The lowest BCUT2D eigenvalue weighted by molar-refractivity contribution is 1.09. The molecule has 0 aliphatic rings. The number of rotatable bonds is 3. The number of anilines is 3. The highest BCUT2D eigenvalue weighted by Gasteiger charge is 2.06. The van der Waals surface area contributed by atoms with Gasteiger partial charge in [-0.3, -0.25) is 10.4 Å². The Kier molecular flexibility index (Phi) is 3.14. The van der Waals surface area contributed by atoms with Crippen LogP contribution in [-0.4, -0.2) is 15.0 Å². The van der Waals surface area contributed by atoms with Crippen LogP contribution in [0.25, 0.3) is 10.8 Å². The monoisotopic (exact) mass is 266 g/mol. The van der Waals surface area contributed by atoms with Crippen molar-refractivity contribution in [1.82, 2.24) is 15.0 Å². The molecule has 2 heterocycles. The summed E-state index contributed by atoms with van der Waals surface area (Å²) in [4.78, 5) is 12.5. The molecule has 100 valence electrons. The fraction of sp³-hybridized carbons (Fsp3) is 0.0714. The molecule has 0 radical (unpaired) electrons. The summed E-state index contributed by atoms with van der Waals surface area (Å²) in [6.45, 7) is 1.94. The number of nitrogens with zero attached hydrogens (tertiary/aromatic N) is 3. The summed E-state index contributed by atoms with van der Waals surface area (Å²) in [5, 5.41) is 5.47. The zero-order valence-corrected chi connectivity index (χ0v) is 11.0. The molecule has 0 aliphatic carbocycles. The van der Waals surface area contributed by atoms with Gasteiger partial charge >= 0.3 is 0 Å². The number of nitrogens with one attached hydrogen (secondary N) is 2. The van der Waals surface area contributed by atoms with E-state index in [0.29, 0.717) is 5.95 Å². The predicted molar refractivity (Wildman–Crippen MR) is 79.6 cm³/mol. The standard InChI is InChI=1S/C14H14N6/c1-9-7-17-14(20-15)19-13(9)18-12-4-2-3-10-8-16-6-5-11(10)12/h2-8H,15H2,1H3,(H2,17,18,19,20). The van der Waals surface area contributed by atoms with Gasteiger partial charge in [-0.1, -0.05) is 12.1 Å². The van der Waals surface area contributed by atoms with Gasteiger partial charge in [-0.25, -0.2) is 10.8 Å². The van der Waals surface area contributed by atoms with Crippen molar-refractivity contribution in [1.29, 1.82) is 0 Å². The maximum absolute atomic E-state index is 5.34. The molecule has 0 fully saturated rings. The normalized spacial score (nSPS) is 10.5. The smallest absolute Gasteiger partial charge is 0.239 e. The molecule has 4 N–H and O–H groups in total. The average molecular weight is 266 g/mol. The third-order valence-corrected chi connectivity index (χ3v) is 3.03. The minimum Gasteiger partial charge on any atom is -0.339 e. The maximum Gasteiger partial charge on any atom is 0.239 e. The van der Waals surface area contributed by atoms with Gasteiger partial charge in [0.1, 0.15) is 5.82 Å². The Morgan fingerprint density at radius 1 is 1.15 bits per heavy atom. The van der Waals surface area contributed by atoms with Crippen molar-refractivity contribution < 1.29 is 0 Å². The van der Waals surface area contributed by atoms with Crippen molar-refractivity contribution in [2.45, 2.75) is 6.92 Å². The number of aryl methyl sites for hydroxylation is 1. The van der Waals surface area contributed by atoms with Gasteiger partial charge in [0.25, 0.3) is 0 Å². The first-order valence-electron chi connectivity index (χ1n) is 6.18. The number of nitrogen functional groups attached to an aromatic ring is 1. The molecule has 0 bridgehead atoms. The summed E-state index contributed by atoms with van der Waals surface area (Å²) in [5.41, 5.74) is 4.35. The Morgan fingerprint density at radius 3 is 2.90 bits per heavy atom. The van der Waals surface area contributed by atoms with Crippen LogP contribution in [-0.2, 0) is 0 Å². The Balaban J connectivity index is 2.05. The van der Waals surface area contributed by atoms with Crippen LogP contribution in [0.15, 0.2) is 42.9 Å². The zero-order chi connectivity index (χ0) is 13.9. The van der Waals surface area contributed by atoms with Crippen molar-refractivity contribution >= 4 is 28.2 Å². The number of pyridine rings is 1. The quantitative estimate of drug-likeness (QED) is 0.498. The van der Waals surface area contributed by atoms with Crippen LogP contribution < -0.4 is 16.6 Å². The molecule has 3 rings (SSSR count). The molecular weight excluding hydrogens is 252 g/mol. The van der Waals surface area contributed by atoms with Crippen LogP contribution in [0.3, 0.4) is 0 Å². The Morgan fingerprint density at radius 2 is 2.05 bits per heavy atom. The molecule has 0 saturated heterocycles. The number of fused-ring (bicyclic) bond motifs is 1. The summed E-state index contributed by atoms with van der Waals surface area (Å²) in [5.74, 6) is 6.44. The van der Waals surface area contributed by atoms with Gasteiger partial charge in [0, 0.05) is 40.6 Å². The van der Waals surface area contributed by atoms with E-state index in [4.69, 9.17) is 5.84 Å². The fourth-order valence-electron chi connectivity index (χ4n) is 2.00. The van der Waals surface area contributed by atoms with Gasteiger partial charge < -0.3 is 5.32 Å². The molecule has 0 saturated carbocycles. The Hall–Kier alpha value is -2.73. The minimum absolute atomic E-state index is 0.375. The van der Waals surface area contributed by atoms with E-state index in [0.717, 1.165) is 27.8 Å². The minimum atomic E-state index is 0.375. The Bertz CT molecular complexity index is 750. The van der Waals surface area contributed by atoms with Crippen molar-refractivity contribution in [3.8, 4) is 0 Å². The molecule has 6 heteroatoms. The lowest BCUT2D eigenvalue weighted by Gasteiger charge is -2.11. The molecule has 0 unspecified atom stereocenters. The predicted octanol–water partition coefficient (Wildman–Crippen LogP) is 2.36. The Labute approximate surface area is 116 Å². The molecule has 0 atom stereocenters. The summed E-state index contributed by atoms with van der Waals surface area (Å²) >= 11 is 0. The molecule has 20 heavy (non-hydrogen) atoms. The molecule has 3 aromatic rings. The van der Waals surface area contributed by atoms with Gasteiger partial charge in [0.2, 0.25) is 5.95 Å². The van der Waals surface area contributed by atoms with E-state index in [1.165, 1.54) is 0 Å². The number of hydrazine groups is 1. The van der Waals surface area contributed by atoms with Crippen LogP contribution in [0.4, 0.5) is 17.5 Å². The van der Waals surface area contributed by atoms with Crippen molar-refractivity contribution in [2.24, 2.45) is 5.84 Å². The third-order valence-electron chi connectivity index (χ3n) is 3.03. The summed E-state index contributed by atoms with van der Waals surface area (Å²) in [6.07, 6.45) is 5.32. The molecule has 6 nitrogen and oxygen atoms in total. The topological polar surface area (TPSA) is 88.8 Å². The largest absolute Gasteiger partial charge is 0.339 e. The first-order valence-corrected chi connectivity index (χ1v) is 6.18. The van der Waals surface area contributed by atoms with Gasteiger partial charge in [-0.2, -0.15) is 4.98 Å². The fourth-order valence-corrected chi connectivity index (χ4v) is 2.00. The van der Waals surface area contributed by atoms with E-state index in [9.17, 15) is 0 Å². The number of aromatic nitrogens is 3. The van der Waals surface area contributed by atoms with E-state index in [1.807, 2.05) is 37.4 Å². The lowest BCUT2D eigenvalue weighted by Crippen LogP contribution is -2.11. The van der Waals surface area contributed by atoms with E-state index in [1.54, 1.807) is 12.4 Å². The van der Waals surface area contributed by atoms with Crippen LogP contribution in [0, 0.1) is 6.92 Å². The second-order valence-corrected chi connectivity index (χ2v) is 4.40. The summed E-state index contributed by atoms with van der Waals surface area (Å²) < 4.78 is 0. The highest BCUT2D eigenvalue weighted by atomic mass is 15.3. The second-order valence-electron chi connectivity index (χ2n) is 4.40. The first-order chi connectivity index (χ1) is 9.78.